The first-order valence-electron chi connectivity index (χ1n) is 6.12. The molecule has 11 heteroatoms. The quantitative estimate of drug-likeness (QED) is 0.137. The number of benzene rings is 2. The van der Waals surface area contributed by atoms with E-state index in [9.17, 15) is 0 Å². The number of nitrogen functional groups attached to an aromatic ring is 1. The Hall–Kier alpha value is -2.78. The number of hydrogen-bond donors (Lipinski definition) is 3. The van der Waals surface area contributed by atoms with E-state index in [1.54, 1.807) is 48.5 Å². The molecule has 1 heterocycles. The van der Waals surface area contributed by atoms with Crippen LogP contribution in [0.15, 0.2) is 54.9 Å². The summed E-state index contributed by atoms with van der Waals surface area (Å²) in [5.74, 6) is 0.478. The van der Waals surface area contributed by atoms with Gasteiger partial charge in [0, 0.05) is 5.69 Å². The topological polar surface area (TPSA) is 169 Å². The van der Waals surface area contributed by atoms with Crippen molar-refractivity contribution in [1.82, 2.24) is 20.2 Å². The number of aromatic nitrogens is 4. The van der Waals surface area contributed by atoms with Gasteiger partial charge in [-0.2, -0.15) is 0 Å². The molecule has 0 saturated heterocycles. The van der Waals surface area contributed by atoms with Gasteiger partial charge in [-0.1, -0.05) is 7.43 Å². The number of tetrazole rings is 1. The van der Waals surface area contributed by atoms with Crippen molar-refractivity contribution >= 4 is 5.69 Å². The van der Waals surface area contributed by atoms with Crippen LogP contribution in [-0.4, -0.2) is 30.4 Å². The minimum absolute atomic E-state index is 0. The summed E-state index contributed by atoms with van der Waals surface area (Å²) in [5, 5.41) is 28.4. The third-order valence-corrected chi connectivity index (χ3v) is 2.36. The molecule has 1 aromatic heterocycles. The molecule has 0 saturated carbocycles. The fourth-order valence-electron chi connectivity index (χ4n) is 1.36. The van der Waals surface area contributed by atoms with Crippen LogP contribution in [0.5, 0.6) is 11.5 Å². The van der Waals surface area contributed by atoms with E-state index in [2.05, 4.69) is 15.5 Å². The van der Waals surface area contributed by atoms with E-state index in [0.29, 0.717) is 5.69 Å². The molecule has 0 aliphatic rings. The Morgan fingerprint density at radius 2 is 1.36 bits per heavy atom. The molecule has 2 aromatic carbocycles. The van der Waals surface area contributed by atoms with Gasteiger partial charge in [0.1, 0.15) is 17.8 Å². The smallest absolute Gasteiger partial charge is 0.508 e. The Morgan fingerprint density at radius 3 is 1.72 bits per heavy atom. The Labute approximate surface area is 166 Å². The molecule has 0 unspecified atom stereocenters. The summed E-state index contributed by atoms with van der Waals surface area (Å²) < 4.78 is 1.51. The van der Waals surface area contributed by atoms with Gasteiger partial charge in [-0.05, 0) is 59.0 Å². The predicted octanol–water partition coefficient (Wildman–Crippen LogP) is -0.152. The summed E-state index contributed by atoms with van der Waals surface area (Å²) in [6, 6.07) is 13.0. The van der Waals surface area contributed by atoms with E-state index in [1.807, 2.05) is 0 Å². The maximum atomic E-state index is 8.99. The van der Waals surface area contributed by atoms with Gasteiger partial charge >= 0.3 is 29.6 Å². The average molecular weight is 352 g/mol. The maximum Gasteiger partial charge on any atom is 1.00 e. The fourth-order valence-corrected chi connectivity index (χ4v) is 1.36. The predicted molar refractivity (Wildman–Crippen MR) is 90.1 cm³/mol. The molecule has 0 fully saturated rings. The number of nitrogens with zero attached hydrogens (tertiary/aromatic N) is 7. The van der Waals surface area contributed by atoms with Gasteiger partial charge in [-0.25, -0.2) is 4.68 Å². The molecule has 0 aliphatic heterocycles. The fraction of sp³-hybridized carbons (Fsp3) is 0.0714. The van der Waals surface area contributed by atoms with Gasteiger partial charge in [-0.3, -0.25) is 4.91 Å². The monoisotopic (exact) mass is 352 g/mol. The molecule has 3 aromatic rings. The average Bonchev–Trinajstić information content (AvgIpc) is 3.07. The van der Waals surface area contributed by atoms with Gasteiger partial charge < -0.3 is 27.0 Å². The zero-order valence-electron chi connectivity index (χ0n) is 12.8. The number of phenolic OH excluding ortho intramolecular Hbond substituents is 2. The summed E-state index contributed by atoms with van der Waals surface area (Å²) >= 11 is 0. The Bertz CT molecular complexity index is 706. The van der Waals surface area contributed by atoms with Gasteiger partial charge in [0.2, 0.25) is 0 Å². The number of aromatic hydroxyl groups is 2. The van der Waals surface area contributed by atoms with Crippen molar-refractivity contribution in [2.75, 3.05) is 5.73 Å². The summed E-state index contributed by atoms with van der Waals surface area (Å²) in [4.78, 5) is 1.50. The summed E-state index contributed by atoms with van der Waals surface area (Å²) in [6.07, 6.45) is 1.49. The Morgan fingerprint density at radius 1 is 0.920 bits per heavy atom. The largest absolute Gasteiger partial charge is 1.00 e. The first-order chi connectivity index (χ1) is 11.1. The van der Waals surface area contributed by atoms with Crippen molar-refractivity contribution in [3.8, 4) is 17.2 Å². The van der Waals surface area contributed by atoms with E-state index >= 15 is 0 Å². The van der Waals surface area contributed by atoms with Crippen LogP contribution in [0.2, 0.25) is 0 Å². The van der Waals surface area contributed by atoms with Crippen molar-refractivity contribution in [3.05, 3.63) is 70.8 Å². The van der Waals surface area contributed by atoms with Gasteiger partial charge in [0.15, 0.2) is 0 Å². The van der Waals surface area contributed by atoms with Crippen LogP contribution >= 0.6 is 0 Å². The van der Waals surface area contributed by atoms with E-state index in [4.69, 9.17) is 27.0 Å². The van der Waals surface area contributed by atoms with Crippen LogP contribution < -0.4 is 35.3 Å². The van der Waals surface area contributed by atoms with Crippen LogP contribution in [0, 0.1) is 0 Å². The molecule has 0 radical (unpaired) electrons. The second-order valence-corrected chi connectivity index (χ2v) is 3.95. The normalized spacial score (nSPS) is 8.00. The zero-order chi connectivity index (χ0) is 17.1. The number of hydrogen-bond acceptors (Lipinski definition) is 6. The second kappa shape index (κ2) is 13.6. The molecule has 3 rings (SSSR count). The molecule has 4 N–H and O–H groups in total. The molecule has 0 aliphatic carbocycles. The molecule has 0 atom stereocenters. The van der Waals surface area contributed by atoms with Gasteiger partial charge in [-0.15, -0.1) is 5.10 Å². The zero-order valence-corrected chi connectivity index (χ0v) is 14.8. The SMILES string of the molecule is C.Nc1ccc(O)cc1.Oc1ccc(-n2cnnn2)cc1.[N-]=[N+]=[N-].[Na+]. The molecular formula is C14H17N8NaO2. The van der Waals surface area contributed by atoms with Crippen LogP contribution in [0.25, 0.3) is 21.7 Å². The number of nitrogens with two attached hydrogens (primary N) is 1. The van der Waals surface area contributed by atoms with Crippen molar-refractivity contribution in [1.29, 1.82) is 0 Å². The first kappa shape index (κ1) is 24.5. The van der Waals surface area contributed by atoms with E-state index < -0.39 is 0 Å². The molecule has 25 heavy (non-hydrogen) atoms. The summed E-state index contributed by atoms with van der Waals surface area (Å²) in [5.41, 5.74) is 20.3. The maximum absolute atomic E-state index is 8.99. The van der Waals surface area contributed by atoms with Crippen LogP contribution in [0.1, 0.15) is 7.43 Å². The molecule has 10 nitrogen and oxygen atoms in total. The van der Waals surface area contributed by atoms with E-state index in [0.717, 1.165) is 5.69 Å². The molecular weight excluding hydrogens is 335 g/mol. The van der Waals surface area contributed by atoms with Crippen LogP contribution in [0.3, 0.4) is 0 Å². The molecule has 0 bridgehead atoms. The van der Waals surface area contributed by atoms with Gasteiger partial charge in [0.25, 0.3) is 0 Å². The van der Waals surface area contributed by atoms with Crippen molar-refractivity contribution in [3.63, 3.8) is 0 Å². The number of phenols is 2. The third kappa shape index (κ3) is 9.84. The summed E-state index contributed by atoms with van der Waals surface area (Å²) in [7, 11) is 0. The van der Waals surface area contributed by atoms with Crippen molar-refractivity contribution < 1.29 is 39.8 Å². The Kier molecular flexibility index (Phi) is 13.4. The number of rotatable bonds is 1. The minimum Gasteiger partial charge on any atom is -0.508 e. The second-order valence-electron chi connectivity index (χ2n) is 3.95. The van der Waals surface area contributed by atoms with E-state index in [-0.39, 0.29) is 48.5 Å². The third-order valence-electron chi connectivity index (χ3n) is 2.36. The standard InChI is InChI=1S/C7H6N4O.C6H7NO.CH4.N3.Na/c12-7-3-1-6(2-4-7)11-5-8-9-10-11;7-5-1-3-6(8)4-2-5;;1-3-2;/h1-5,12H;1-4,8H,7H2;1H4;;/q;;;-1;+1. The molecule has 0 spiro atoms. The molecule has 0 amide bonds. The van der Waals surface area contributed by atoms with Gasteiger partial charge in [0.05, 0.1) is 5.69 Å². The minimum atomic E-state index is 0. The van der Waals surface area contributed by atoms with Crippen molar-refractivity contribution in [2.24, 2.45) is 0 Å². The summed E-state index contributed by atoms with van der Waals surface area (Å²) in [6.45, 7) is 0. The Balaban J connectivity index is 0. The van der Waals surface area contributed by atoms with E-state index in [1.165, 1.54) is 15.9 Å². The van der Waals surface area contributed by atoms with Crippen molar-refractivity contribution in [2.45, 2.75) is 7.43 Å². The van der Waals surface area contributed by atoms with Crippen LogP contribution in [0.4, 0.5) is 5.69 Å². The van der Waals surface area contributed by atoms with Crippen LogP contribution in [-0.2, 0) is 0 Å². The molecule has 126 valence electrons. The first-order valence-corrected chi connectivity index (χ1v) is 6.12. The number of anilines is 1.